The average Bonchev–Trinajstić information content (AvgIpc) is 3.06. The van der Waals surface area contributed by atoms with E-state index in [1.165, 1.54) is 11.1 Å². The van der Waals surface area contributed by atoms with Gasteiger partial charge in [-0.2, -0.15) is 0 Å². The number of benzene rings is 4. The van der Waals surface area contributed by atoms with Crippen LogP contribution in [0, 0.1) is 0 Å². The van der Waals surface area contributed by atoms with Gasteiger partial charge in [-0.25, -0.2) is 0 Å². The number of aromatic nitrogens is 2. The molecular weight excluding hydrogens is 533 g/mol. The molecule has 0 bridgehead atoms. The quantitative estimate of drug-likeness (QED) is 0.200. The van der Waals surface area contributed by atoms with Crippen molar-refractivity contribution < 1.29 is 4.57 Å². The van der Waals surface area contributed by atoms with Crippen molar-refractivity contribution >= 4 is 40.1 Å². The van der Waals surface area contributed by atoms with Gasteiger partial charge in [0.05, 0.1) is 11.4 Å². The van der Waals surface area contributed by atoms with E-state index in [4.69, 9.17) is 0 Å². The Morgan fingerprint density at radius 2 is 1.21 bits per heavy atom. The summed E-state index contributed by atoms with van der Waals surface area (Å²) in [5.74, 6) is 0. The van der Waals surface area contributed by atoms with Crippen LogP contribution in [0.15, 0.2) is 146 Å². The lowest BCUT2D eigenvalue weighted by molar-refractivity contribution is 0.592. The second-order valence-electron chi connectivity index (χ2n) is 11.1. The molecule has 204 valence electrons. The standard InChI is InChI=1S/C37H30N3OP/c1-37(2)33-14-6-7-15-35(33)40(36-21-16-27(24-34(36)37)28-10-8-22-38-25-28)29-17-19-31(20-18-29)42(41,30-11-4-3-5-12-30)32-13-9-23-39-26-32/h3-26H,1-2H3. The first kappa shape index (κ1) is 26.1. The van der Waals surface area contributed by atoms with Crippen LogP contribution in [-0.2, 0) is 9.98 Å². The molecule has 0 fully saturated rings. The van der Waals surface area contributed by atoms with Crippen molar-refractivity contribution in [3.63, 3.8) is 0 Å². The number of nitrogens with zero attached hydrogens (tertiary/aromatic N) is 3. The zero-order chi connectivity index (χ0) is 28.7. The smallest absolute Gasteiger partial charge is 0.172 e. The van der Waals surface area contributed by atoms with Crippen LogP contribution in [-0.4, -0.2) is 9.97 Å². The van der Waals surface area contributed by atoms with Gasteiger partial charge in [-0.3, -0.25) is 9.97 Å². The third-order valence-electron chi connectivity index (χ3n) is 8.32. The Bertz CT molecular complexity index is 1880. The van der Waals surface area contributed by atoms with E-state index in [-0.39, 0.29) is 5.41 Å². The molecule has 0 saturated heterocycles. The normalized spacial score (nSPS) is 14.9. The molecule has 4 aromatic carbocycles. The lowest BCUT2D eigenvalue weighted by Gasteiger charge is -2.42. The molecule has 0 saturated carbocycles. The summed E-state index contributed by atoms with van der Waals surface area (Å²) < 4.78 is 14.9. The van der Waals surface area contributed by atoms with Crippen LogP contribution in [0.1, 0.15) is 25.0 Å². The molecule has 1 aliphatic rings. The Balaban J connectivity index is 1.38. The second kappa shape index (κ2) is 10.2. The molecule has 2 aromatic heterocycles. The Kier molecular flexibility index (Phi) is 6.37. The highest BCUT2D eigenvalue weighted by atomic mass is 31.2. The van der Waals surface area contributed by atoms with Gasteiger partial charge in [0, 0.05) is 51.8 Å². The summed E-state index contributed by atoms with van der Waals surface area (Å²) in [6, 6.07) is 41.1. The van der Waals surface area contributed by atoms with Crippen molar-refractivity contribution in [3.8, 4) is 11.1 Å². The van der Waals surface area contributed by atoms with Gasteiger partial charge in [0.15, 0.2) is 7.14 Å². The molecule has 1 aliphatic heterocycles. The van der Waals surface area contributed by atoms with Gasteiger partial charge in [0.25, 0.3) is 0 Å². The molecule has 5 heteroatoms. The third-order valence-corrected chi connectivity index (χ3v) is 11.4. The Labute approximate surface area is 246 Å². The number of hydrogen-bond acceptors (Lipinski definition) is 4. The highest BCUT2D eigenvalue weighted by Gasteiger charge is 2.37. The fourth-order valence-corrected chi connectivity index (χ4v) is 8.71. The van der Waals surface area contributed by atoms with Crippen molar-refractivity contribution in [1.82, 2.24) is 9.97 Å². The van der Waals surface area contributed by atoms with Crippen molar-refractivity contribution in [2.75, 3.05) is 4.90 Å². The highest BCUT2D eigenvalue weighted by molar-refractivity contribution is 7.85. The topological polar surface area (TPSA) is 46.1 Å². The number of pyridine rings is 2. The van der Waals surface area contributed by atoms with Gasteiger partial charge in [0.2, 0.25) is 0 Å². The second-order valence-corrected chi connectivity index (χ2v) is 13.9. The minimum absolute atomic E-state index is 0.204. The largest absolute Gasteiger partial charge is 0.310 e. The van der Waals surface area contributed by atoms with Crippen LogP contribution < -0.4 is 20.8 Å². The number of rotatable bonds is 5. The molecule has 1 atom stereocenters. The van der Waals surface area contributed by atoms with Crippen molar-refractivity contribution in [2.24, 2.45) is 0 Å². The molecule has 7 rings (SSSR count). The summed E-state index contributed by atoms with van der Waals surface area (Å²) in [6.07, 6.45) is 7.16. The predicted molar refractivity (Wildman–Crippen MR) is 174 cm³/mol. The van der Waals surface area contributed by atoms with Gasteiger partial charge >= 0.3 is 0 Å². The first-order chi connectivity index (χ1) is 20.5. The van der Waals surface area contributed by atoms with E-state index in [1.54, 1.807) is 18.6 Å². The summed E-state index contributed by atoms with van der Waals surface area (Å²) in [6.45, 7) is 4.59. The molecule has 1 unspecified atom stereocenters. The monoisotopic (exact) mass is 563 g/mol. The molecule has 0 aliphatic carbocycles. The van der Waals surface area contributed by atoms with Crippen LogP contribution >= 0.6 is 7.14 Å². The Morgan fingerprint density at radius 3 is 1.93 bits per heavy atom. The number of hydrogen-bond donors (Lipinski definition) is 0. The molecule has 42 heavy (non-hydrogen) atoms. The Hall–Kier alpha value is -4.79. The van der Waals surface area contributed by atoms with Crippen LogP contribution in [0.5, 0.6) is 0 Å². The predicted octanol–water partition coefficient (Wildman–Crippen LogP) is 7.89. The summed E-state index contributed by atoms with van der Waals surface area (Å²) in [4.78, 5) is 11.0. The summed E-state index contributed by atoms with van der Waals surface area (Å²) in [5, 5.41) is 2.30. The molecule has 6 aromatic rings. The fourth-order valence-electron chi connectivity index (χ4n) is 6.13. The minimum atomic E-state index is -3.12. The van der Waals surface area contributed by atoms with Crippen LogP contribution in [0.3, 0.4) is 0 Å². The molecule has 0 amide bonds. The first-order valence-electron chi connectivity index (χ1n) is 14.1. The van der Waals surface area contributed by atoms with Gasteiger partial charge in [0.1, 0.15) is 0 Å². The van der Waals surface area contributed by atoms with E-state index in [0.29, 0.717) is 0 Å². The van der Waals surface area contributed by atoms with Crippen molar-refractivity contribution in [1.29, 1.82) is 0 Å². The Morgan fingerprint density at radius 1 is 0.571 bits per heavy atom. The SMILES string of the molecule is CC1(C)c2ccccc2N(c2ccc(P(=O)(c3ccccc3)c3cccnc3)cc2)c2ccc(-c3cccnc3)cc21. The minimum Gasteiger partial charge on any atom is -0.310 e. The summed E-state index contributed by atoms with van der Waals surface area (Å²) in [7, 11) is -3.12. The number of para-hydroxylation sites is 1. The first-order valence-corrected chi connectivity index (χ1v) is 15.8. The van der Waals surface area contributed by atoms with Crippen LogP contribution in [0.25, 0.3) is 11.1 Å². The maximum absolute atomic E-state index is 14.9. The summed E-state index contributed by atoms with van der Waals surface area (Å²) in [5.41, 5.74) is 7.84. The molecule has 0 radical (unpaired) electrons. The number of fused-ring (bicyclic) bond motifs is 2. The van der Waals surface area contributed by atoms with E-state index in [2.05, 4.69) is 89.4 Å². The molecular formula is C37H30N3OP. The van der Waals surface area contributed by atoms with Gasteiger partial charge in [-0.15, -0.1) is 0 Å². The molecule has 3 heterocycles. The van der Waals surface area contributed by atoms with Crippen LogP contribution in [0.2, 0.25) is 0 Å². The van der Waals surface area contributed by atoms with Gasteiger partial charge in [-0.1, -0.05) is 74.5 Å². The highest BCUT2D eigenvalue weighted by Crippen LogP contribution is 2.52. The van der Waals surface area contributed by atoms with E-state index in [0.717, 1.165) is 44.1 Å². The van der Waals surface area contributed by atoms with Crippen molar-refractivity contribution in [2.45, 2.75) is 19.3 Å². The lowest BCUT2D eigenvalue weighted by atomic mass is 9.73. The fraction of sp³-hybridized carbons (Fsp3) is 0.0811. The van der Waals surface area contributed by atoms with Gasteiger partial charge in [-0.05, 0) is 82.9 Å². The summed E-state index contributed by atoms with van der Waals surface area (Å²) >= 11 is 0. The van der Waals surface area contributed by atoms with E-state index < -0.39 is 7.14 Å². The lowest BCUT2D eigenvalue weighted by Crippen LogP contribution is -2.31. The third kappa shape index (κ3) is 4.19. The van der Waals surface area contributed by atoms with Crippen LogP contribution in [0.4, 0.5) is 17.1 Å². The number of anilines is 3. The maximum Gasteiger partial charge on any atom is 0.172 e. The molecule has 0 spiro atoms. The molecule has 4 nitrogen and oxygen atoms in total. The van der Waals surface area contributed by atoms with Crippen molar-refractivity contribution in [3.05, 3.63) is 157 Å². The molecule has 0 N–H and O–H groups in total. The zero-order valence-electron chi connectivity index (χ0n) is 23.6. The maximum atomic E-state index is 14.9. The van der Waals surface area contributed by atoms with E-state index in [1.807, 2.05) is 66.9 Å². The zero-order valence-corrected chi connectivity index (χ0v) is 24.4. The van der Waals surface area contributed by atoms with E-state index >= 15 is 0 Å². The average molecular weight is 564 g/mol. The van der Waals surface area contributed by atoms with E-state index in [9.17, 15) is 4.57 Å². The van der Waals surface area contributed by atoms with Gasteiger partial charge < -0.3 is 9.46 Å².